The average molecular weight is 297 g/mol. The standard InChI is InChI=1S/C15H24FN3O2/c1-5-8-17-13-12(16)11(7-9-18-13)14(20)19-10-15(3,4)21-6-2/h7,9H,5-6,8,10H2,1-4H3,(H,17,18)(H,19,20). The molecule has 5 nitrogen and oxygen atoms in total. The molecule has 0 fully saturated rings. The minimum absolute atomic E-state index is 0.0177. The predicted molar refractivity (Wildman–Crippen MR) is 81.0 cm³/mol. The van der Waals surface area contributed by atoms with Gasteiger partial charge >= 0.3 is 0 Å². The van der Waals surface area contributed by atoms with Crippen LogP contribution >= 0.6 is 0 Å². The third kappa shape index (κ3) is 5.30. The zero-order valence-corrected chi connectivity index (χ0v) is 13.1. The van der Waals surface area contributed by atoms with E-state index in [0.29, 0.717) is 19.7 Å². The van der Waals surface area contributed by atoms with Crippen LogP contribution in [0, 0.1) is 5.82 Å². The fourth-order valence-electron chi connectivity index (χ4n) is 1.82. The summed E-state index contributed by atoms with van der Waals surface area (Å²) in [4.78, 5) is 16.0. The number of carbonyl (C=O) groups excluding carboxylic acids is 1. The van der Waals surface area contributed by atoms with Crippen molar-refractivity contribution >= 4 is 11.7 Å². The molecule has 0 aliphatic heterocycles. The number of aromatic nitrogens is 1. The highest BCUT2D eigenvalue weighted by Crippen LogP contribution is 2.15. The van der Waals surface area contributed by atoms with Crippen molar-refractivity contribution in [2.75, 3.05) is 25.0 Å². The third-order valence-electron chi connectivity index (χ3n) is 2.89. The van der Waals surface area contributed by atoms with Gasteiger partial charge in [0, 0.05) is 25.9 Å². The molecule has 0 saturated heterocycles. The van der Waals surface area contributed by atoms with Gasteiger partial charge in [-0.2, -0.15) is 0 Å². The second-order valence-corrected chi connectivity index (χ2v) is 5.32. The molecule has 1 amide bonds. The number of nitrogens with zero attached hydrogens (tertiary/aromatic N) is 1. The van der Waals surface area contributed by atoms with Crippen LogP contribution in [0.4, 0.5) is 10.2 Å². The molecule has 0 radical (unpaired) electrons. The Morgan fingerprint density at radius 1 is 1.43 bits per heavy atom. The fourth-order valence-corrected chi connectivity index (χ4v) is 1.82. The van der Waals surface area contributed by atoms with Crippen LogP contribution in [0.3, 0.4) is 0 Å². The Labute approximate surface area is 125 Å². The largest absolute Gasteiger partial charge is 0.374 e. The van der Waals surface area contributed by atoms with Crippen molar-refractivity contribution in [3.8, 4) is 0 Å². The van der Waals surface area contributed by atoms with E-state index in [1.807, 2.05) is 27.7 Å². The van der Waals surface area contributed by atoms with Crippen molar-refractivity contribution in [3.63, 3.8) is 0 Å². The maximum absolute atomic E-state index is 14.2. The van der Waals surface area contributed by atoms with Crippen LogP contribution in [0.5, 0.6) is 0 Å². The predicted octanol–water partition coefficient (Wildman–Crippen LogP) is 2.59. The topological polar surface area (TPSA) is 63.2 Å². The number of ether oxygens (including phenoxy) is 1. The first kappa shape index (κ1) is 17.4. The number of carbonyl (C=O) groups is 1. The maximum Gasteiger partial charge on any atom is 0.254 e. The molecule has 0 bridgehead atoms. The molecule has 6 heteroatoms. The van der Waals surface area contributed by atoms with Crippen LogP contribution in [0.1, 0.15) is 44.5 Å². The van der Waals surface area contributed by atoms with Gasteiger partial charge in [0.15, 0.2) is 11.6 Å². The summed E-state index contributed by atoms with van der Waals surface area (Å²) in [5.74, 6) is -0.992. The Balaban J connectivity index is 2.74. The zero-order chi connectivity index (χ0) is 15.9. The van der Waals surface area contributed by atoms with E-state index in [1.165, 1.54) is 12.3 Å². The lowest BCUT2D eigenvalue weighted by molar-refractivity contribution is -0.00818. The highest BCUT2D eigenvalue weighted by molar-refractivity contribution is 5.95. The van der Waals surface area contributed by atoms with Gasteiger partial charge in [0.05, 0.1) is 11.2 Å². The molecule has 0 atom stereocenters. The first-order valence-corrected chi connectivity index (χ1v) is 7.21. The van der Waals surface area contributed by atoms with Gasteiger partial charge in [-0.3, -0.25) is 4.79 Å². The number of hydrogen-bond acceptors (Lipinski definition) is 4. The third-order valence-corrected chi connectivity index (χ3v) is 2.89. The number of anilines is 1. The van der Waals surface area contributed by atoms with E-state index >= 15 is 0 Å². The number of pyridine rings is 1. The summed E-state index contributed by atoms with van der Waals surface area (Å²) in [7, 11) is 0. The smallest absolute Gasteiger partial charge is 0.254 e. The van der Waals surface area contributed by atoms with E-state index < -0.39 is 17.3 Å². The maximum atomic E-state index is 14.2. The molecule has 0 spiro atoms. The molecule has 0 aromatic carbocycles. The highest BCUT2D eigenvalue weighted by Gasteiger charge is 2.21. The molecule has 1 aromatic heterocycles. The zero-order valence-electron chi connectivity index (χ0n) is 13.1. The number of halogens is 1. The van der Waals surface area contributed by atoms with Gasteiger partial charge in [-0.1, -0.05) is 6.92 Å². The van der Waals surface area contributed by atoms with Crippen molar-refractivity contribution < 1.29 is 13.9 Å². The first-order chi connectivity index (χ1) is 9.91. The monoisotopic (exact) mass is 297 g/mol. The highest BCUT2D eigenvalue weighted by atomic mass is 19.1. The molecule has 118 valence electrons. The van der Waals surface area contributed by atoms with E-state index in [-0.39, 0.29) is 11.4 Å². The lowest BCUT2D eigenvalue weighted by Crippen LogP contribution is -2.40. The van der Waals surface area contributed by atoms with Crippen molar-refractivity contribution in [2.45, 2.75) is 39.7 Å². The van der Waals surface area contributed by atoms with E-state index in [0.717, 1.165) is 6.42 Å². The van der Waals surface area contributed by atoms with E-state index in [1.54, 1.807) is 0 Å². The number of rotatable bonds is 8. The first-order valence-electron chi connectivity index (χ1n) is 7.21. The van der Waals surface area contributed by atoms with Crippen molar-refractivity contribution in [1.82, 2.24) is 10.3 Å². The summed E-state index contributed by atoms with van der Waals surface area (Å²) in [5, 5.41) is 5.55. The van der Waals surface area contributed by atoms with Gasteiger partial charge in [0.1, 0.15) is 0 Å². The molecular formula is C15H24FN3O2. The minimum Gasteiger partial charge on any atom is -0.374 e. The van der Waals surface area contributed by atoms with Gasteiger partial charge in [-0.15, -0.1) is 0 Å². The van der Waals surface area contributed by atoms with Gasteiger partial charge in [0.25, 0.3) is 5.91 Å². The quantitative estimate of drug-likeness (QED) is 0.774. The van der Waals surface area contributed by atoms with Crippen LogP contribution in [0.2, 0.25) is 0 Å². The summed E-state index contributed by atoms with van der Waals surface area (Å²) < 4.78 is 19.7. The number of nitrogens with one attached hydrogen (secondary N) is 2. The number of hydrogen-bond donors (Lipinski definition) is 2. The average Bonchev–Trinajstić information content (AvgIpc) is 2.44. The lowest BCUT2D eigenvalue weighted by Gasteiger charge is -2.24. The molecule has 1 heterocycles. The van der Waals surface area contributed by atoms with E-state index in [9.17, 15) is 9.18 Å². The second kappa shape index (κ2) is 7.93. The number of amides is 1. The van der Waals surface area contributed by atoms with Crippen molar-refractivity contribution in [1.29, 1.82) is 0 Å². The van der Waals surface area contributed by atoms with E-state index in [2.05, 4.69) is 15.6 Å². The van der Waals surface area contributed by atoms with Gasteiger partial charge in [-0.25, -0.2) is 9.37 Å². The van der Waals surface area contributed by atoms with E-state index in [4.69, 9.17) is 4.74 Å². The Kier molecular flexibility index (Phi) is 6.55. The van der Waals surface area contributed by atoms with Crippen LogP contribution in [-0.2, 0) is 4.74 Å². The molecule has 0 unspecified atom stereocenters. The molecule has 0 aliphatic carbocycles. The van der Waals surface area contributed by atoms with Crippen LogP contribution in [0.15, 0.2) is 12.3 Å². The van der Waals surface area contributed by atoms with Crippen molar-refractivity contribution in [3.05, 3.63) is 23.6 Å². The summed E-state index contributed by atoms with van der Waals surface area (Å²) in [6.07, 6.45) is 2.27. The Morgan fingerprint density at radius 3 is 2.76 bits per heavy atom. The summed E-state index contributed by atoms with van der Waals surface area (Å²) in [5.41, 5.74) is -0.507. The Hall–Kier alpha value is -1.69. The summed E-state index contributed by atoms with van der Waals surface area (Å²) >= 11 is 0. The normalized spacial score (nSPS) is 11.3. The van der Waals surface area contributed by atoms with Gasteiger partial charge < -0.3 is 15.4 Å². The Bertz CT molecular complexity index is 478. The van der Waals surface area contributed by atoms with Crippen LogP contribution < -0.4 is 10.6 Å². The van der Waals surface area contributed by atoms with Gasteiger partial charge in [-0.05, 0) is 33.3 Å². The van der Waals surface area contributed by atoms with Crippen LogP contribution in [0.25, 0.3) is 0 Å². The Morgan fingerprint density at radius 2 is 2.14 bits per heavy atom. The minimum atomic E-state index is -0.627. The molecular weight excluding hydrogens is 273 g/mol. The van der Waals surface area contributed by atoms with Gasteiger partial charge in [0.2, 0.25) is 0 Å². The molecule has 1 rings (SSSR count). The van der Waals surface area contributed by atoms with Crippen LogP contribution in [-0.4, -0.2) is 36.2 Å². The molecule has 21 heavy (non-hydrogen) atoms. The molecule has 0 aliphatic rings. The molecule has 1 aromatic rings. The fraction of sp³-hybridized carbons (Fsp3) is 0.600. The van der Waals surface area contributed by atoms with Crippen molar-refractivity contribution in [2.24, 2.45) is 0 Å². The summed E-state index contributed by atoms with van der Waals surface area (Å²) in [6.45, 7) is 9.06. The molecule has 2 N–H and O–H groups in total. The second-order valence-electron chi connectivity index (χ2n) is 5.32. The molecule has 0 saturated carbocycles. The summed E-state index contributed by atoms with van der Waals surface area (Å²) in [6, 6.07) is 1.37. The lowest BCUT2D eigenvalue weighted by atomic mass is 10.1. The SMILES string of the molecule is CCCNc1nccc(C(=O)NCC(C)(C)OCC)c1F.